The van der Waals surface area contributed by atoms with Crippen molar-refractivity contribution in [1.29, 1.82) is 0 Å². The second-order valence-electron chi connectivity index (χ2n) is 3.76. The van der Waals surface area contributed by atoms with Crippen LogP contribution in [-0.4, -0.2) is 36.6 Å². The van der Waals surface area contributed by atoms with Crippen molar-refractivity contribution >= 4 is 17.6 Å². The Bertz CT molecular complexity index is 583. The van der Waals surface area contributed by atoms with Crippen LogP contribution in [0.25, 0.3) is 5.53 Å². The monoisotopic (exact) mass is 365 g/mol. The van der Waals surface area contributed by atoms with Crippen molar-refractivity contribution in [2.75, 3.05) is 14.2 Å². The minimum absolute atomic E-state index is 0. The van der Waals surface area contributed by atoms with E-state index in [1.165, 1.54) is 20.3 Å². The Hall–Kier alpha value is -1.56. The first kappa shape index (κ1) is 19.4. The van der Waals surface area contributed by atoms with Gasteiger partial charge in [0, 0.05) is 0 Å². The van der Waals surface area contributed by atoms with Gasteiger partial charge in [0.25, 0.3) is 0 Å². The SMILES string of the molecule is [CH2-]NC(=O)c1cc(CC(=[N+]=[N-])C(=O)OC)ccc1OC.[Y+3]. The minimum atomic E-state index is -0.744. The van der Waals surface area contributed by atoms with Crippen LogP contribution in [-0.2, 0) is 48.7 Å². The molecule has 1 N–H and O–H groups in total. The maximum Gasteiger partial charge on any atom is 3.00 e. The normalized spacial score (nSPS) is 8.90. The largest absolute Gasteiger partial charge is 3.00 e. The quantitative estimate of drug-likeness (QED) is 0.271. The predicted octanol–water partition coefficient (Wildman–Crippen LogP) is 0.600. The fraction of sp³-hybridized carbons (Fsp3) is 0.231. The molecule has 0 heterocycles. The average Bonchev–Trinajstić information content (AvgIpc) is 2.50. The van der Waals surface area contributed by atoms with Crippen LogP contribution in [0.4, 0.5) is 0 Å². The van der Waals surface area contributed by atoms with Gasteiger partial charge in [0.15, 0.2) is 0 Å². The molecule has 0 unspecified atom stereocenters. The van der Waals surface area contributed by atoms with E-state index in [2.05, 4.69) is 21.9 Å². The van der Waals surface area contributed by atoms with Crippen molar-refractivity contribution in [3.05, 3.63) is 41.9 Å². The summed E-state index contributed by atoms with van der Waals surface area (Å²) >= 11 is 0. The third-order valence-electron chi connectivity index (χ3n) is 2.58. The molecule has 0 radical (unpaired) electrons. The molecule has 0 saturated heterocycles. The number of hydrogen-bond donors (Lipinski definition) is 1. The molecule has 7 nitrogen and oxygen atoms in total. The predicted molar refractivity (Wildman–Crippen MR) is 70.2 cm³/mol. The molecule has 21 heavy (non-hydrogen) atoms. The summed E-state index contributed by atoms with van der Waals surface area (Å²) in [5.74, 6) is -0.800. The number of methoxy groups -OCH3 is 2. The molecule has 1 amide bonds. The van der Waals surface area contributed by atoms with E-state index in [-0.39, 0.29) is 50.4 Å². The topological polar surface area (TPSA) is 101 Å². The van der Waals surface area contributed by atoms with Crippen LogP contribution in [0, 0.1) is 7.05 Å². The first-order valence-electron chi connectivity index (χ1n) is 5.61. The third-order valence-corrected chi connectivity index (χ3v) is 2.58. The van der Waals surface area contributed by atoms with Gasteiger partial charge >= 0.3 is 44.4 Å². The Morgan fingerprint density at radius 3 is 2.52 bits per heavy atom. The van der Waals surface area contributed by atoms with Gasteiger partial charge in [-0.1, -0.05) is 6.07 Å². The first-order chi connectivity index (χ1) is 9.57. The number of benzene rings is 1. The summed E-state index contributed by atoms with van der Waals surface area (Å²) < 4.78 is 9.54. The number of esters is 1. The molecule has 0 aliphatic heterocycles. The van der Waals surface area contributed by atoms with Crippen molar-refractivity contribution in [1.82, 2.24) is 5.32 Å². The number of ether oxygens (including phenoxy) is 2. The van der Waals surface area contributed by atoms with Crippen LogP contribution in [0.15, 0.2) is 18.2 Å². The molecule has 0 atom stereocenters. The number of nitrogens with zero attached hydrogens (tertiary/aromatic N) is 2. The van der Waals surface area contributed by atoms with Crippen LogP contribution < -0.4 is 10.1 Å². The van der Waals surface area contributed by atoms with Gasteiger partial charge in [-0.25, -0.2) is 4.79 Å². The molecule has 8 heteroatoms. The van der Waals surface area contributed by atoms with E-state index in [1.54, 1.807) is 12.1 Å². The molecule has 1 aromatic rings. The molecule has 0 saturated carbocycles. The van der Waals surface area contributed by atoms with Gasteiger partial charge in [-0.2, -0.15) is 4.79 Å². The van der Waals surface area contributed by atoms with Gasteiger partial charge in [-0.05, 0) is 17.7 Å². The molecule has 0 spiro atoms. The zero-order valence-electron chi connectivity index (χ0n) is 11.8. The van der Waals surface area contributed by atoms with Gasteiger partial charge < -0.3 is 20.3 Å². The standard InChI is InChI=1S/C13H14N3O4.Y/c1-15-12(17)9-6-8(4-5-11(9)19-2)7-10(16-14)13(18)20-3;/h4-6H,1,7H2,2-3H3,(H,15,17);/q-1;+3. The summed E-state index contributed by atoms with van der Waals surface area (Å²) in [5, 5.41) is 2.24. The number of nitrogens with one attached hydrogen (secondary N) is 1. The van der Waals surface area contributed by atoms with Crippen molar-refractivity contribution in [2.24, 2.45) is 0 Å². The molecule has 0 aromatic heterocycles. The average molecular weight is 365 g/mol. The minimum Gasteiger partial charge on any atom is -0.504 e. The van der Waals surface area contributed by atoms with Gasteiger partial charge in [-0.15, -0.1) is 0 Å². The molecule has 0 aliphatic rings. The number of amides is 1. The van der Waals surface area contributed by atoms with Crippen LogP contribution in [0.2, 0.25) is 0 Å². The van der Waals surface area contributed by atoms with Crippen LogP contribution in [0.5, 0.6) is 5.75 Å². The second-order valence-corrected chi connectivity index (χ2v) is 3.76. The Morgan fingerprint density at radius 1 is 1.38 bits per heavy atom. The molecule has 0 aliphatic carbocycles. The van der Waals surface area contributed by atoms with E-state index >= 15 is 0 Å². The fourth-order valence-electron chi connectivity index (χ4n) is 1.60. The van der Waals surface area contributed by atoms with Crippen LogP contribution >= 0.6 is 0 Å². The molecular weight excluding hydrogens is 351 g/mol. The molecule has 1 aromatic carbocycles. The van der Waals surface area contributed by atoms with Crippen molar-refractivity contribution < 1.29 is 56.6 Å². The Morgan fingerprint density at radius 2 is 2.05 bits per heavy atom. The Labute approximate surface area is 147 Å². The van der Waals surface area contributed by atoms with Crippen molar-refractivity contribution in [3.8, 4) is 5.75 Å². The van der Waals surface area contributed by atoms with E-state index < -0.39 is 11.9 Å². The smallest absolute Gasteiger partial charge is 0.504 e. The summed E-state index contributed by atoms with van der Waals surface area (Å²) in [6.45, 7) is 0. The van der Waals surface area contributed by atoms with E-state index in [0.29, 0.717) is 11.3 Å². The van der Waals surface area contributed by atoms with Gasteiger partial charge in [0.2, 0.25) is 5.91 Å². The molecule has 0 fully saturated rings. The van der Waals surface area contributed by atoms with E-state index in [9.17, 15) is 9.59 Å². The molecule has 0 bridgehead atoms. The van der Waals surface area contributed by atoms with E-state index in [4.69, 9.17) is 10.3 Å². The van der Waals surface area contributed by atoms with Gasteiger partial charge in [0.1, 0.15) is 5.75 Å². The van der Waals surface area contributed by atoms with Crippen LogP contribution in [0.1, 0.15) is 15.9 Å². The number of carbonyl (C=O) groups is 2. The summed E-state index contributed by atoms with van der Waals surface area (Å²) in [7, 11) is 5.91. The van der Waals surface area contributed by atoms with Crippen molar-refractivity contribution in [2.45, 2.75) is 6.42 Å². The van der Waals surface area contributed by atoms with Gasteiger partial charge in [0.05, 0.1) is 26.2 Å². The Balaban J connectivity index is 0.00000400. The number of carbonyl (C=O) groups excluding carboxylic acids is 2. The summed E-state index contributed by atoms with van der Waals surface area (Å²) in [6.07, 6.45) is 0.0184. The first-order valence-corrected chi connectivity index (χ1v) is 5.61. The summed E-state index contributed by atoms with van der Waals surface area (Å²) in [5.41, 5.74) is 9.47. The molecule has 106 valence electrons. The molecular formula is C13H14N3O4Y+2. The van der Waals surface area contributed by atoms with E-state index in [0.717, 1.165) is 0 Å². The molecule has 1 rings (SSSR count). The number of hydrogen-bond acceptors (Lipinski definition) is 4. The number of rotatable bonds is 5. The summed E-state index contributed by atoms with van der Waals surface area (Å²) in [4.78, 5) is 25.9. The maximum atomic E-state index is 11.7. The Kier molecular flexibility index (Phi) is 8.70. The van der Waals surface area contributed by atoms with Crippen molar-refractivity contribution in [3.63, 3.8) is 0 Å². The maximum absolute atomic E-state index is 11.7. The second kappa shape index (κ2) is 9.39. The zero-order valence-corrected chi connectivity index (χ0v) is 14.6. The van der Waals surface area contributed by atoms with E-state index in [1.807, 2.05) is 0 Å². The van der Waals surface area contributed by atoms with Gasteiger partial charge in [-0.3, -0.25) is 11.8 Å². The van der Waals surface area contributed by atoms with Crippen LogP contribution in [0.3, 0.4) is 0 Å². The fourth-order valence-corrected chi connectivity index (χ4v) is 1.60. The zero-order chi connectivity index (χ0) is 15.1. The third kappa shape index (κ3) is 5.04. The summed E-state index contributed by atoms with van der Waals surface area (Å²) in [6, 6.07) is 4.74.